The maximum Gasteiger partial charge on any atom is 0.348 e. The molecule has 0 aromatic carbocycles. The van der Waals surface area contributed by atoms with Crippen molar-refractivity contribution < 1.29 is 14.4 Å². The molecule has 0 aliphatic carbocycles. The van der Waals surface area contributed by atoms with Gasteiger partial charge in [0.05, 0.1) is 0 Å². The topological polar surface area (TPSA) is 92.5 Å². The van der Waals surface area contributed by atoms with E-state index in [1.807, 2.05) is 0 Å². The van der Waals surface area contributed by atoms with Crippen LogP contribution in [0, 0.1) is 0 Å². The average molecular weight is 125 g/mol. The molecule has 0 spiro atoms. The van der Waals surface area contributed by atoms with E-state index in [0.29, 0.717) is 5.82 Å². The Morgan fingerprint density at radius 1 is 1.57 bits per heavy atom. The van der Waals surface area contributed by atoms with E-state index >= 15 is 0 Å². The zero-order valence-corrected chi connectivity index (χ0v) is 4.64. The van der Waals surface area contributed by atoms with Gasteiger partial charge in [0, 0.05) is 5.82 Å². The van der Waals surface area contributed by atoms with Gasteiger partial charge in [-0.2, -0.15) is 0 Å². The number of hydrogen-bond donors (Lipinski definition) is 3. The largest absolute Gasteiger partial charge is 0.348 e. The molecular weight excluding hydrogens is 117 g/mol. The van der Waals surface area contributed by atoms with E-state index < -0.39 is 7.60 Å². The van der Waals surface area contributed by atoms with Crippen molar-refractivity contribution in [1.82, 2.24) is 6.15 Å². The molecule has 0 rings (SSSR count). The lowest BCUT2D eigenvalue weighted by Crippen LogP contribution is -1.63. The lowest BCUT2D eigenvalue weighted by atomic mass is 11.3. The monoisotopic (exact) mass is 125 g/mol. The summed E-state index contributed by atoms with van der Waals surface area (Å²) in [5, 5.41) is 0. The van der Waals surface area contributed by atoms with Crippen LogP contribution in [0.2, 0.25) is 0 Å². The van der Waals surface area contributed by atoms with E-state index in [1.54, 1.807) is 0 Å². The Morgan fingerprint density at radius 2 is 1.71 bits per heavy atom. The van der Waals surface area contributed by atoms with Crippen LogP contribution in [0.4, 0.5) is 0 Å². The summed E-state index contributed by atoms with van der Waals surface area (Å²) < 4.78 is 9.58. The van der Waals surface area contributed by atoms with Crippen LogP contribution in [0.15, 0.2) is 12.4 Å². The minimum absolute atomic E-state index is 0. The molecular formula is C2H8NO3P. The van der Waals surface area contributed by atoms with E-state index in [0.717, 1.165) is 0 Å². The molecule has 4 nitrogen and oxygen atoms in total. The molecule has 0 atom stereocenters. The van der Waals surface area contributed by atoms with Crippen LogP contribution in [0.25, 0.3) is 0 Å². The second kappa shape index (κ2) is 2.93. The highest BCUT2D eigenvalue weighted by atomic mass is 31.2. The summed E-state index contributed by atoms with van der Waals surface area (Å²) in [6.45, 7) is 2.87. The van der Waals surface area contributed by atoms with Crippen LogP contribution in [0.3, 0.4) is 0 Å². The third-order valence-electron chi connectivity index (χ3n) is 0.238. The molecule has 0 saturated carbocycles. The molecule has 0 aromatic rings. The van der Waals surface area contributed by atoms with Crippen molar-refractivity contribution in [3.63, 3.8) is 0 Å². The Kier molecular flexibility index (Phi) is 4.18. The third-order valence-corrected chi connectivity index (χ3v) is 0.714. The standard InChI is InChI=1S/C2H5O3P.H3N/c1-2-6(3,4)5;/h2H,1H2,(H2,3,4,5);1H3. The zero-order chi connectivity index (χ0) is 5.21. The van der Waals surface area contributed by atoms with Crippen molar-refractivity contribution in [1.29, 1.82) is 0 Å². The van der Waals surface area contributed by atoms with Crippen molar-refractivity contribution in [2.75, 3.05) is 0 Å². The highest BCUT2D eigenvalue weighted by molar-refractivity contribution is 7.55. The molecule has 7 heavy (non-hydrogen) atoms. The van der Waals surface area contributed by atoms with Crippen LogP contribution in [0.5, 0.6) is 0 Å². The molecule has 0 radical (unpaired) electrons. The summed E-state index contributed by atoms with van der Waals surface area (Å²) in [7, 11) is -3.88. The van der Waals surface area contributed by atoms with Gasteiger partial charge in [-0.05, 0) is 0 Å². The van der Waals surface area contributed by atoms with Crippen LogP contribution >= 0.6 is 7.60 Å². The first-order valence-corrected chi connectivity index (χ1v) is 2.93. The van der Waals surface area contributed by atoms with Gasteiger partial charge in [0.15, 0.2) is 0 Å². The first-order chi connectivity index (χ1) is 2.56. The van der Waals surface area contributed by atoms with Crippen molar-refractivity contribution in [2.24, 2.45) is 0 Å². The van der Waals surface area contributed by atoms with E-state index in [4.69, 9.17) is 9.79 Å². The minimum atomic E-state index is -3.88. The maximum atomic E-state index is 9.58. The molecule has 0 bridgehead atoms. The SMILES string of the molecule is C=CP(=O)(O)O.N. The van der Waals surface area contributed by atoms with Gasteiger partial charge >= 0.3 is 7.60 Å². The average Bonchev–Trinajstić information content (AvgIpc) is 1.35. The Hall–Kier alpha value is -0.150. The first kappa shape index (κ1) is 9.97. The molecule has 0 fully saturated rings. The summed E-state index contributed by atoms with van der Waals surface area (Å²) in [5.74, 6) is 0.604. The van der Waals surface area contributed by atoms with Crippen LogP contribution in [0.1, 0.15) is 0 Å². The zero-order valence-electron chi connectivity index (χ0n) is 3.74. The predicted molar refractivity (Wildman–Crippen MR) is 27.3 cm³/mol. The molecule has 0 aliphatic rings. The molecule has 0 aromatic heterocycles. The van der Waals surface area contributed by atoms with E-state index in [-0.39, 0.29) is 6.15 Å². The van der Waals surface area contributed by atoms with Gasteiger partial charge in [-0.25, -0.2) is 0 Å². The smallest absolute Gasteiger partial charge is 0.344 e. The summed E-state index contributed by atoms with van der Waals surface area (Å²) in [4.78, 5) is 15.6. The van der Waals surface area contributed by atoms with E-state index in [1.165, 1.54) is 0 Å². The molecule has 0 unspecified atom stereocenters. The Morgan fingerprint density at radius 3 is 1.71 bits per heavy atom. The molecule has 0 heterocycles. The molecule has 5 heteroatoms. The fraction of sp³-hybridized carbons (Fsp3) is 0. The predicted octanol–water partition coefficient (Wildman–Crippen LogP) is 0.470. The molecule has 0 aliphatic heterocycles. The van der Waals surface area contributed by atoms with Gasteiger partial charge in [0.1, 0.15) is 0 Å². The van der Waals surface area contributed by atoms with Crippen LogP contribution < -0.4 is 6.15 Å². The molecule has 0 saturated heterocycles. The van der Waals surface area contributed by atoms with E-state index in [9.17, 15) is 4.57 Å². The number of hydrogen-bond acceptors (Lipinski definition) is 2. The van der Waals surface area contributed by atoms with E-state index in [2.05, 4.69) is 6.58 Å². The summed E-state index contributed by atoms with van der Waals surface area (Å²) in [5.41, 5.74) is 0. The lowest BCUT2D eigenvalue weighted by molar-refractivity contribution is 0.386. The van der Waals surface area contributed by atoms with Gasteiger partial charge in [-0.15, -0.1) is 0 Å². The molecule has 5 N–H and O–H groups in total. The summed E-state index contributed by atoms with van der Waals surface area (Å²) in [6.07, 6.45) is 0. The van der Waals surface area contributed by atoms with Gasteiger partial charge < -0.3 is 15.9 Å². The van der Waals surface area contributed by atoms with Gasteiger partial charge in [-0.1, -0.05) is 6.58 Å². The number of rotatable bonds is 1. The highest BCUT2D eigenvalue weighted by Crippen LogP contribution is 2.34. The summed E-state index contributed by atoms with van der Waals surface area (Å²) in [6, 6.07) is 0. The first-order valence-electron chi connectivity index (χ1n) is 1.25. The van der Waals surface area contributed by atoms with Crippen molar-refractivity contribution in [3.8, 4) is 0 Å². The quantitative estimate of drug-likeness (QED) is 0.444. The Labute approximate surface area is 41.6 Å². The minimum Gasteiger partial charge on any atom is -0.344 e. The van der Waals surface area contributed by atoms with Gasteiger partial charge in [0.2, 0.25) is 0 Å². The van der Waals surface area contributed by atoms with Crippen LogP contribution in [-0.4, -0.2) is 9.79 Å². The Bertz CT molecular complexity index is 95.1. The van der Waals surface area contributed by atoms with Crippen molar-refractivity contribution in [2.45, 2.75) is 0 Å². The normalized spacial score (nSPS) is 9.43. The second-order valence-electron chi connectivity index (χ2n) is 0.772. The lowest BCUT2D eigenvalue weighted by Gasteiger charge is -1.87. The van der Waals surface area contributed by atoms with Crippen molar-refractivity contribution in [3.05, 3.63) is 12.4 Å². The summed E-state index contributed by atoms with van der Waals surface area (Å²) >= 11 is 0. The van der Waals surface area contributed by atoms with Crippen molar-refractivity contribution >= 4 is 7.60 Å². The second-order valence-corrected chi connectivity index (χ2v) is 2.31. The van der Waals surface area contributed by atoms with Crippen LogP contribution in [-0.2, 0) is 4.57 Å². The fourth-order valence-electron chi connectivity index (χ4n) is 0. The fourth-order valence-corrected chi connectivity index (χ4v) is 0. The van der Waals surface area contributed by atoms with Gasteiger partial charge in [-0.3, -0.25) is 4.57 Å². The molecule has 0 amide bonds. The molecule has 44 valence electrons. The highest BCUT2D eigenvalue weighted by Gasteiger charge is 2.00. The maximum absolute atomic E-state index is 9.58. The Balaban J connectivity index is 0. The van der Waals surface area contributed by atoms with Gasteiger partial charge in [0.25, 0.3) is 0 Å². The third kappa shape index (κ3) is 10.7.